The van der Waals surface area contributed by atoms with E-state index in [2.05, 4.69) is 32.8 Å². The van der Waals surface area contributed by atoms with E-state index >= 15 is 0 Å². The van der Waals surface area contributed by atoms with Crippen molar-refractivity contribution in [3.63, 3.8) is 0 Å². The molecule has 148 valence electrons. The molecule has 1 fully saturated rings. The van der Waals surface area contributed by atoms with Gasteiger partial charge in [-0.3, -0.25) is 4.99 Å². The van der Waals surface area contributed by atoms with Crippen LogP contribution in [0, 0.1) is 0 Å². The molecule has 0 bridgehead atoms. The van der Waals surface area contributed by atoms with Crippen LogP contribution in [0.3, 0.4) is 0 Å². The van der Waals surface area contributed by atoms with Crippen molar-refractivity contribution in [2.75, 3.05) is 44.7 Å². The molecule has 0 atom stereocenters. The third-order valence-corrected chi connectivity index (χ3v) is 4.78. The maximum absolute atomic E-state index is 10.1. The number of nitrogens with zero attached hydrogens (tertiary/aromatic N) is 3. The van der Waals surface area contributed by atoms with E-state index in [4.69, 9.17) is 4.74 Å². The lowest BCUT2D eigenvalue weighted by molar-refractivity contribution is 0.356. The van der Waals surface area contributed by atoms with Gasteiger partial charge < -0.3 is 25.0 Å². The van der Waals surface area contributed by atoms with Crippen molar-refractivity contribution in [2.45, 2.75) is 6.54 Å². The Hall–Kier alpha value is -3.15. The number of phenols is 1. The molecule has 0 spiro atoms. The van der Waals surface area contributed by atoms with Gasteiger partial charge in [-0.1, -0.05) is 43.0 Å². The third-order valence-electron chi connectivity index (χ3n) is 4.78. The van der Waals surface area contributed by atoms with E-state index in [1.54, 1.807) is 19.2 Å². The van der Waals surface area contributed by atoms with Crippen molar-refractivity contribution >= 4 is 11.6 Å². The summed E-state index contributed by atoms with van der Waals surface area (Å²) in [5.74, 6) is 2.06. The molecule has 1 aliphatic heterocycles. The minimum absolute atomic E-state index is 0.328. The summed E-state index contributed by atoms with van der Waals surface area (Å²) in [4.78, 5) is 8.89. The summed E-state index contributed by atoms with van der Waals surface area (Å²) in [5.41, 5.74) is 1.97. The fourth-order valence-electron chi connectivity index (χ4n) is 3.34. The Labute approximate surface area is 166 Å². The fraction of sp³-hybridized carbons (Fsp3) is 0.318. The molecule has 6 nitrogen and oxygen atoms in total. The maximum atomic E-state index is 10.1. The van der Waals surface area contributed by atoms with Gasteiger partial charge in [-0.2, -0.15) is 0 Å². The number of phenolic OH excluding ortho intramolecular Hbond substituents is 1. The first-order chi connectivity index (χ1) is 13.7. The first-order valence-corrected chi connectivity index (χ1v) is 9.53. The van der Waals surface area contributed by atoms with Crippen LogP contribution in [0.25, 0.3) is 0 Å². The molecule has 0 unspecified atom stereocenters. The van der Waals surface area contributed by atoms with Crippen molar-refractivity contribution in [1.82, 2.24) is 10.2 Å². The number of para-hydroxylation sites is 3. The van der Waals surface area contributed by atoms with Crippen LogP contribution < -0.4 is 15.0 Å². The van der Waals surface area contributed by atoms with Crippen molar-refractivity contribution in [3.8, 4) is 11.5 Å². The molecule has 1 aliphatic rings. The SMILES string of the molecule is C=CCOc1ccccc1CNC(=NC)N1CCN(c2ccccc2O)CC1. The lowest BCUT2D eigenvalue weighted by Gasteiger charge is -2.37. The topological polar surface area (TPSA) is 60.3 Å². The van der Waals surface area contributed by atoms with Crippen molar-refractivity contribution in [2.24, 2.45) is 4.99 Å². The average molecular weight is 380 g/mol. The number of anilines is 1. The number of rotatable bonds is 6. The number of nitrogens with one attached hydrogen (secondary N) is 1. The molecule has 0 radical (unpaired) electrons. The van der Waals surface area contributed by atoms with Gasteiger partial charge in [0.05, 0.1) is 5.69 Å². The molecule has 0 amide bonds. The molecule has 1 saturated heterocycles. The second kappa shape index (κ2) is 9.69. The van der Waals surface area contributed by atoms with Gasteiger partial charge >= 0.3 is 0 Å². The van der Waals surface area contributed by atoms with E-state index in [-0.39, 0.29) is 0 Å². The van der Waals surface area contributed by atoms with E-state index in [9.17, 15) is 5.11 Å². The molecule has 2 aromatic carbocycles. The van der Waals surface area contributed by atoms with E-state index in [0.29, 0.717) is 18.9 Å². The highest BCUT2D eigenvalue weighted by molar-refractivity contribution is 5.80. The molecule has 0 aromatic heterocycles. The summed E-state index contributed by atoms with van der Waals surface area (Å²) in [6.45, 7) is 8.16. The van der Waals surface area contributed by atoms with Gasteiger partial charge in [0, 0.05) is 45.3 Å². The summed E-state index contributed by atoms with van der Waals surface area (Å²) in [7, 11) is 1.80. The number of guanidine groups is 1. The number of aromatic hydroxyl groups is 1. The normalized spacial score (nSPS) is 14.7. The van der Waals surface area contributed by atoms with Gasteiger partial charge in [-0.15, -0.1) is 0 Å². The van der Waals surface area contributed by atoms with Crippen LogP contribution in [-0.2, 0) is 6.54 Å². The molecule has 0 saturated carbocycles. The zero-order chi connectivity index (χ0) is 19.8. The minimum Gasteiger partial charge on any atom is -0.506 e. The third kappa shape index (κ3) is 4.76. The Morgan fingerprint density at radius 2 is 1.86 bits per heavy atom. The van der Waals surface area contributed by atoms with E-state index < -0.39 is 0 Å². The van der Waals surface area contributed by atoms with Crippen LogP contribution in [-0.4, -0.2) is 55.8 Å². The molecular formula is C22H28N4O2. The lowest BCUT2D eigenvalue weighted by Crippen LogP contribution is -2.52. The molecule has 0 aliphatic carbocycles. The second-order valence-corrected chi connectivity index (χ2v) is 6.57. The quantitative estimate of drug-likeness (QED) is 0.458. The predicted molar refractivity (Wildman–Crippen MR) is 114 cm³/mol. The molecule has 2 aromatic rings. The maximum Gasteiger partial charge on any atom is 0.194 e. The van der Waals surface area contributed by atoms with Gasteiger partial charge in [0.25, 0.3) is 0 Å². The highest BCUT2D eigenvalue weighted by atomic mass is 16.5. The van der Waals surface area contributed by atoms with Gasteiger partial charge in [0.15, 0.2) is 5.96 Å². The summed E-state index contributed by atoms with van der Waals surface area (Å²) in [6, 6.07) is 15.5. The summed E-state index contributed by atoms with van der Waals surface area (Å²) < 4.78 is 5.73. The zero-order valence-corrected chi connectivity index (χ0v) is 16.3. The Kier molecular flexibility index (Phi) is 6.78. The van der Waals surface area contributed by atoms with E-state index in [1.807, 2.05) is 36.4 Å². The second-order valence-electron chi connectivity index (χ2n) is 6.57. The van der Waals surface area contributed by atoms with Gasteiger partial charge in [-0.05, 0) is 18.2 Å². The molecule has 6 heteroatoms. The summed E-state index contributed by atoms with van der Waals surface area (Å²) in [6.07, 6.45) is 1.74. The number of ether oxygens (including phenoxy) is 1. The largest absolute Gasteiger partial charge is 0.506 e. The Morgan fingerprint density at radius 1 is 1.14 bits per heavy atom. The standard InChI is InChI=1S/C22H28N4O2/c1-3-16-28-21-11-7-4-8-18(21)17-24-22(23-2)26-14-12-25(13-15-26)19-9-5-6-10-20(19)27/h3-11,27H,1,12-17H2,2H3,(H,23,24). The van der Waals surface area contributed by atoms with Gasteiger partial charge in [-0.25, -0.2) is 0 Å². The number of hydrogen-bond acceptors (Lipinski definition) is 4. The fourth-order valence-corrected chi connectivity index (χ4v) is 3.34. The van der Waals surface area contributed by atoms with Crippen molar-refractivity contribution < 1.29 is 9.84 Å². The van der Waals surface area contributed by atoms with Crippen LogP contribution in [0.5, 0.6) is 11.5 Å². The van der Waals surface area contributed by atoms with E-state index in [0.717, 1.165) is 49.1 Å². The number of aliphatic imine (C=N–C) groups is 1. The molecule has 2 N–H and O–H groups in total. The first kappa shape index (κ1) is 19.6. The van der Waals surface area contributed by atoms with Crippen LogP contribution in [0.2, 0.25) is 0 Å². The number of hydrogen-bond donors (Lipinski definition) is 2. The van der Waals surface area contributed by atoms with E-state index in [1.165, 1.54) is 0 Å². The van der Waals surface area contributed by atoms with Crippen LogP contribution >= 0.6 is 0 Å². The summed E-state index contributed by atoms with van der Waals surface area (Å²) >= 11 is 0. The zero-order valence-electron chi connectivity index (χ0n) is 16.3. The van der Waals surface area contributed by atoms with Crippen LogP contribution in [0.1, 0.15) is 5.56 Å². The number of benzene rings is 2. The Morgan fingerprint density at radius 3 is 2.57 bits per heavy atom. The van der Waals surface area contributed by atoms with Gasteiger partial charge in [0.1, 0.15) is 18.1 Å². The predicted octanol–water partition coefficient (Wildman–Crippen LogP) is 2.85. The Balaban J connectivity index is 1.57. The Bertz CT molecular complexity index is 814. The van der Waals surface area contributed by atoms with Crippen molar-refractivity contribution in [1.29, 1.82) is 0 Å². The smallest absolute Gasteiger partial charge is 0.194 e. The molecular weight excluding hydrogens is 352 g/mol. The first-order valence-electron chi connectivity index (χ1n) is 9.53. The van der Waals surface area contributed by atoms with Gasteiger partial charge in [0.2, 0.25) is 0 Å². The summed E-state index contributed by atoms with van der Waals surface area (Å²) in [5, 5.41) is 13.5. The van der Waals surface area contributed by atoms with Crippen molar-refractivity contribution in [3.05, 3.63) is 66.7 Å². The lowest BCUT2D eigenvalue weighted by atomic mass is 10.2. The molecule has 1 heterocycles. The monoisotopic (exact) mass is 380 g/mol. The van der Waals surface area contributed by atoms with Crippen LogP contribution in [0.4, 0.5) is 5.69 Å². The molecule has 28 heavy (non-hydrogen) atoms. The molecule has 3 rings (SSSR count). The average Bonchev–Trinajstić information content (AvgIpc) is 2.74. The number of piperazine rings is 1. The minimum atomic E-state index is 0.328. The highest BCUT2D eigenvalue weighted by Gasteiger charge is 2.21. The van der Waals surface area contributed by atoms with Crippen LogP contribution in [0.15, 0.2) is 66.2 Å². The highest BCUT2D eigenvalue weighted by Crippen LogP contribution is 2.27.